The minimum absolute atomic E-state index is 0.458. The topological polar surface area (TPSA) is 71.3 Å². The first kappa shape index (κ1) is 17.2. The van der Waals surface area contributed by atoms with E-state index in [4.69, 9.17) is 9.84 Å². The first-order chi connectivity index (χ1) is 12.7. The highest BCUT2D eigenvalue weighted by atomic mass is 16.5. The smallest absolute Gasteiger partial charge is 0.133 e. The van der Waals surface area contributed by atoms with Crippen LogP contribution < -0.4 is 10.2 Å². The van der Waals surface area contributed by atoms with Gasteiger partial charge in [-0.1, -0.05) is 0 Å². The molecular weight excluding hydrogens is 330 g/mol. The third kappa shape index (κ3) is 3.96. The lowest BCUT2D eigenvalue weighted by Gasteiger charge is -2.32. The Bertz CT molecular complexity index is 713. The molecule has 2 aliphatic rings. The van der Waals surface area contributed by atoms with Crippen molar-refractivity contribution in [3.8, 4) is 0 Å². The van der Waals surface area contributed by atoms with Crippen molar-refractivity contribution in [2.75, 3.05) is 44.0 Å². The standard InChI is InChI=1S/C18H27N7O/c1-23(2)18-10-17(19-13-20-18)21-14-3-5-24(6-4-14)11-15-9-16-12-26-8-7-25(16)22-15/h9-10,13-14H,3-8,11-12H2,1-2H3,(H,19,20,21). The zero-order chi connectivity index (χ0) is 17.9. The van der Waals surface area contributed by atoms with E-state index >= 15 is 0 Å². The molecule has 0 radical (unpaired) electrons. The van der Waals surface area contributed by atoms with Crippen molar-refractivity contribution < 1.29 is 4.74 Å². The Morgan fingerprint density at radius 3 is 2.81 bits per heavy atom. The van der Waals surface area contributed by atoms with Crippen LogP contribution in [0.25, 0.3) is 0 Å². The quantitative estimate of drug-likeness (QED) is 0.866. The Kier molecular flexibility index (Phi) is 5.03. The third-order valence-corrected chi connectivity index (χ3v) is 5.05. The van der Waals surface area contributed by atoms with Crippen molar-refractivity contribution in [3.63, 3.8) is 0 Å². The van der Waals surface area contributed by atoms with Crippen molar-refractivity contribution >= 4 is 11.6 Å². The van der Waals surface area contributed by atoms with Gasteiger partial charge in [0.2, 0.25) is 0 Å². The second-order valence-corrected chi connectivity index (χ2v) is 7.25. The fourth-order valence-corrected chi connectivity index (χ4v) is 3.57. The van der Waals surface area contributed by atoms with Crippen LogP contribution in [0.15, 0.2) is 18.5 Å². The Hall–Kier alpha value is -2.19. The number of nitrogens with one attached hydrogen (secondary N) is 1. The Balaban J connectivity index is 1.29. The van der Waals surface area contributed by atoms with Crippen LogP contribution in [0.3, 0.4) is 0 Å². The second-order valence-electron chi connectivity index (χ2n) is 7.25. The number of fused-ring (bicyclic) bond motifs is 1. The summed E-state index contributed by atoms with van der Waals surface area (Å²) in [5, 5.41) is 8.28. The summed E-state index contributed by atoms with van der Waals surface area (Å²) in [4.78, 5) is 13.1. The monoisotopic (exact) mass is 357 g/mol. The molecular formula is C18H27N7O. The molecule has 0 spiro atoms. The summed E-state index contributed by atoms with van der Waals surface area (Å²) in [6, 6.07) is 4.65. The van der Waals surface area contributed by atoms with Gasteiger partial charge >= 0.3 is 0 Å². The van der Waals surface area contributed by atoms with Gasteiger partial charge in [-0.3, -0.25) is 9.58 Å². The predicted molar refractivity (Wildman–Crippen MR) is 100 cm³/mol. The molecule has 0 aromatic carbocycles. The van der Waals surface area contributed by atoms with Crippen molar-refractivity contribution in [3.05, 3.63) is 29.8 Å². The van der Waals surface area contributed by atoms with Gasteiger partial charge in [-0.2, -0.15) is 5.10 Å². The average molecular weight is 357 g/mol. The van der Waals surface area contributed by atoms with Crippen LogP contribution in [-0.4, -0.2) is 64.5 Å². The van der Waals surface area contributed by atoms with E-state index in [-0.39, 0.29) is 0 Å². The van der Waals surface area contributed by atoms with Gasteiger partial charge in [0.1, 0.15) is 18.0 Å². The fourth-order valence-electron chi connectivity index (χ4n) is 3.57. The number of piperidine rings is 1. The van der Waals surface area contributed by atoms with Crippen LogP contribution in [-0.2, 0) is 24.4 Å². The molecule has 0 bridgehead atoms. The van der Waals surface area contributed by atoms with E-state index in [9.17, 15) is 0 Å². The molecule has 2 aromatic heterocycles. The second kappa shape index (κ2) is 7.59. The van der Waals surface area contributed by atoms with Gasteiger partial charge < -0.3 is 15.0 Å². The molecule has 8 heteroatoms. The zero-order valence-corrected chi connectivity index (χ0v) is 15.6. The summed E-state index contributed by atoms with van der Waals surface area (Å²) in [5.74, 6) is 1.83. The lowest BCUT2D eigenvalue weighted by Crippen LogP contribution is -2.38. The van der Waals surface area contributed by atoms with Crippen molar-refractivity contribution in [2.24, 2.45) is 0 Å². The summed E-state index contributed by atoms with van der Waals surface area (Å²) in [6.07, 6.45) is 3.84. The maximum absolute atomic E-state index is 5.50. The van der Waals surface area contributed by atoms with E-state index in [1.54, 1.807) is 6.33 Å². The van der Waals surface area contributed by atoms with Crippen LogP contribution in [0.4, 0.5) is 11.6 Å². The molecule has 1 N–H and O–H groups in total. The van der Waals surface area contributed by atoms with Crippen molar-refractivity contribution in [1.82, 2.24) is 24.6 Å². The first-order valence-electron chi connectivity index (χ1n) is 9.29. The van der Waals surface area contributed by atoms with Crippen LogP contribution >= 0.6 is 0 Å². The van der Waals surface area contributed by atoms with Gasteiger partial charge in [0.05, 0.1) is 31.1 Å². The molecule has 1 saturated heterocycles. The van der Waals surface area contributed by atoms with E-state index in [1.165, 1.54) is 5.69 Å². The van der Waals surface area contributed by atoms with Gasteiger partial charge in [-0.25, -0.2) is 9.97 Å². The molecule has 2 aliphatic heterocycles. The van der Waals surface area contributed by atoms with Gasteiger partial charge in [0.25, 0.3) is 0 Å². The normalized spacial score (nSPS) is 18.5. The van der Waals surface area contributed by atoms with E-state index in [0.29, 0.717) is 12.6 Å². The molecule has 1 fully saturated rings. The number of aromatic nitrogens is 4. The SMILES string of the molecule is CN(C)c1cc(NC2CCN(Cc3cc4n(n3)CCOC4)CC2)ncn1. The Morgan fingerprint density at radius 2 is 2.04 bits per heavy atom. The average Bonchev–Trinajstić information content (AvgIpc) is 3.06. The Morgan fingerprint density at radius 1 is 1.19 bits per heavy atom. The summed E-state index contributed by atoms with van der Waals surface area (Å²) in [7, 11) is 3.98. The highest BCUT2D eigenvalue weighted by Gasteiger charge is 2.21. The van der Waals surface area contributed by atoms with Crippen LogP contribution in [0, 0.1) is 0 Å². The molecule has 26 heavy (non-hydrogen) atoms. The third-order valence-electron chi connectivity index (χ3n) is 5.05. The number of nitrogens with zero attached hydrogens (tertiary/aromatic N) is 6. The predicted octanol–water partition coefficient (Wildman–Crippen LogP) is 1.35. The van der Waals surface area contributed by atoms with Gasteiger partial charge in [-0.15, -0.1) is 0 Å². The molecule has 2 aromatic rings. The van der Waals surface area contributed by atoms with Crippen LogP contribution in [0.1, 0.15) is 24.2 Å². The number of hydrogen-bond acceptors (Lipinski definition) is 7. The Labute approximate surface area is 154 Å². The maximum atomic E-state index is 5.50. The molecule has 0 amide bonds. The molecule has 0 saturated carbocycles. The lowest BCUT2D eigenvalue weighted by atomic mass is 10.0. The van der Waals surface area contributed by atoms with E-state index in [1.807, 2.05) is 25.1 Å². The minimum Gasteiger partial charge on any atom is -0.373 e. The summed E-state index contributed by atoms with van der Waals surface area (Å²) in [5.41, 5.74) is 2.35. The highest BCUT2D eigenvalue weighted by Crippen LogP contribution is 2.19. The molecule has 140 valence electrons. The summed E-state index contributed by atoms with van der Waals surface area (Å²) >= 11 is 0. The number of anilines is 2. The molecule has 4 heterocycles. The molecule has 8 nitrogen and oxygen atoms in total. The molecule has 0 unspecified atom stereocenters. The number of hydrogen-bond donors (Lipinski definition) is 1. The van der Waals surface area contributed by atoms with E-state index in [0.717, 1.165) is 63.0 Å². The summed E-state index contributed by atoms with van der Waals surface area (Å²) in [6.45, 7) is 5.39. The van der Waals surface area contributed by atoms with Crippen LogP contribution in [0.2, 0.25) is 0 Å². The zero-order valence-electron chi connectivity index (χ0n) is 15.6. The number of likely N-dealkylation sites (tertiary alicyclic amines) is 1. The largest absolute Gasteiger partial charge is 0.373 e. The first-order valence-corrected chi connectivity index (χ1v) is 9.29. The number of ether oxygens (including phenoxy) is 1. The van der Waals surface area contributed by atoms with Crippen molar-refractivity contribution in [1.29, 1.82) is 0 Å². The molecule has 0 aliphatic carbocycles. The van der Waals surface area contributed by atoms with Crippen molar-refractivity contribution in [2.45, 2.75) is 38.6 Å². The summed E-state index contributed by atoms with van der Waals surface area (Å²) < 4.78 is 7.58. The number of rotatable bonds is 5. The van der Waals surface area contributed by atoms with E-state index in [2.05, 4.69) is 30.9 Å². The molecule has 4 rings (SSSR count). The maximum Gasteiger partial charge on any atom is 0.133 e. The van der Waals surface area contributed by atoms with Gasteiger partial charge in [-0.05, 0) is 18.9 Å². The minimum atomic E-state index is 0.458. The van der Waals surface area contributed by atoms with E-state index < -0.39 is 0 Å². The lowest BCUT2D eigenvalue weighted by molar-refractivity contribution is 0.0799. The highest BCUT2D eigenvalue weighted by molar-refractivity contribution is 5.47. The van der Waals surface area contributed by atoms with Crippen LogP contribution in [0.5, 0.6) is 0 Å². The molecule has 0 atom stereocenters. The fraction of sp³-hybridized carbons (Fsp3) is 0.611. The van der Waals surface area contributed by atoms with Gasteiger partial charge in [0.15, 0.2) is 0 Å². The van der Waals surface area contributed by atoms with Gasteiger partial charge in [0, 0.05) is 45.8 Å².